The molecule has 1 atom stereocenters. The van der Waals surface area contributed by atoms with Crippen molar-refractivity contribution < 1.29 is 13.3 Å². The molecule has 0 unspecified atom stereocenters. The fourth-order valence-corrected chi connectivity index (χ4v) is 3.41. The predicted octanol–water partition coefficient (Wildman–Crippen LogP) is 2.93. The third-order valence-electron chi connectivity index (χ3n) is 4.14. The third kappa shape index (κ3) is 3.98. The van der Waals surface area contributed by atoms with Gasteiger partial charge in [-0.1, -0.05) is 30.3 Å². The van der Waals surface area contributed by atoms with Gasteiger partial charge in [-0.05, 0) is 17.7 Å². The molecule has 0 aliphatic carbocycles. The first-order valence-electron chi connectivity index (χ1n) is 8.04. The molecule has 8 nitrogen and oxygen atoms in total. The molecule has 0 bridgehead atoms. The van der Waals surface area contributed by atoms with Crippen molar-refractivity contribution in [3.63, 3.8) is 0 Å². The van der Waals surface area contributed by atoms with Gasteiger partial charge in [0.25, 0.3) is 5.69 Å². The van der Waals surface area contributed by atoms with E-state index in [4.69, 9.17) is 0 Å². The lowest BCUT2D eigenvalue weighted by Crippen LogP contribution is -2.17. The van der Waals surface area contributed by atoms with Crippen LogP contribution in [0.3, 0.4) is 0 Å². The Balaban J connectivity index is 2.09. The van der Waals surface area contributed by atoms with Crippen LogP contribution < -0.4 is 5.32 Å². The first-order valence-corrected chi connectivity index (χ1v) is 9.93. The van der Waals surface area contributed by atoms with Crippen molar-refractivity contribution in [2.45, 2.75) is 10.9 Å². The number of nitro benzene ring substituents is 1. The first kappa shape index (κ1) is 18.6. The Labute approximate surface area is 156 Å². The number of hydrogen-bond donors (Lipinski definition) is 1. The molecule has 0 saturated carbocycles. The highest BCUT2D eigenvalue weighted by Gasteiger charge is 2.24. The zero-order chi connectivity index (χ0) is 19.6. The first-order chi connectivity index (χ1) is 12.8. The molecule has 27 heavy (non-hydrogen) atoms. The number of aromatic nitrogens is 2. The lowest BCUT2D eigenvalue weighted by atomic mass is 10.1. The van der Waals surface area contributed by atoms with E-state index in [0.717, 1.165) is 17.9 Å². The molecule has 0 spiro atoms. The highest BCUT2D eigenvalue weighted by molar-refractivity contribution is 7.90. The normalized spacial score (nSPS) is 12.5. The molecule has 0 fully saturated rings. The summed E-state index contributed by atoms with van der Waals surface area (Å²) in [4.78, 5) is 15.2. The smallest absolute Gasteiger partial charge is 0.293 e. The van der Waals surface area contributed by atoms with Crippen LogP contribution in [-0.2, 0) is 16.9 Å². The Morgan fingerprint density at radius 1 is 1.19 bits per heavy atom. The van der Waals surface area contributed by atoms with Crippen LogP contribution in [0.25, 0.3) is 0 Å². The van der Waals surface area contributed by atoms with E-state index in [9.17, 15) is 18.5 Å². The van der Waals surface area contributed by atoms with Crippen molar-refractivity contribution in [3.8, 4) is 0 Å². The molecule has 1 heterocycles. The molecule has 0 amide bonds. The second kappa shape index (κ2) is 7.20. The number of imidazole rings is 1. The van der Waals surface area contributed by atoms with Gasteiger partial charge in [0.1, 0.15) is 17.6 Å². The van der Waals surface area contributed by atoms with Crippen LogP contribution in [0, 0.1) is 10.1 Å². The monoisotopic (exact) mass is 386 g/mol. The van der Waals surface area contributed by atoms with Gasteiger partial charge >= 0.3 is 0 Å². The number of sulfone groups is 1. The highest BCUT2D eigenvalue weighted by Crippen LogP contribution is 2.32. The molecule has 0 aliphatic rings. The van der Waals surface area contributed by atoms with Crippen molar-refractivity contribution in [1.29, 1.82) is 0 Å². The van der Waals surface area contributed by atoms with Gasteiger partial charge < -0.3 is 9.88 Å². The molecule has 0 aliphatic heterocycles. The molecule has 3 aromatic rings. The minimum absolute atomic E-state index is 0.104. The molecule has 3 rings (SSSR count). The maximum absolute atomic E-state index is 11.7. The lowest BCUT2D eigenvalue weighted by Gasteiger charge is -2.20. The van der Waals surface area contributed by atoms with E-state index in [1.165, 1.54) is 12.1 Å². The summed E-state index contributed by atoms with van der Waals surface area (Å²) in [6, 6.07) is 12.8. The third-order valence-corrected chi connectivity index (χ3v) is 5.25. The zero-order valence-electron chi connectivity index (χ0n) is 14.7. The number of rotatable bonds is 6. The fourth-order valence-electron chi connectivity index (χ4n) is 2.77. The highest BCUT2D eigenvalue weighted by atomic mass is 32.2. The van der Waals surface area contributed by atoms with Crippen LogP contribution in [0.4, 0.5) is 11.4 Å². The van der Waals surface area contributed by atoms with Gasteiger partial charge in [0.15, 0.2) is 9.84 Å². The van der Waals surface area contributed by atoms with Gasteiger partial charge in [-0.25, -0.2) is 13.4 Å². The number of nitrogens with one attached hydrogen (secondary N) is 1. The van der Waals surface area contributed by atoms with E-state index in [-0.39, 0.29) is 16.3 Å². The van der Waals surface area contributed by atoms with E-state index in [1.54, 1.807) is 12.4 Å². The Hall–Kier alpha value is -3.20. The second-order valence-corrected chi connectivity index (χ2v) is 8.11. The van der Waals surface area contributed by atoms with E-state index in [2.05, 4.69) is 10.3 Å². The van der Waals surface area contributed by atoms with E-state index in [1.807, 2.05) is 41.9 Å². The Kier molecular flexibility index (Phi) is 4.95. The predicted molar refractivity (Wildman–Crippen MR) is 101 cm³/mol. The van der Waals surface area contributed by atoms with Crippen molar-refractivity contribution >= 4 is 21.2 Å². The fraction of sp³-hybridized carbons (Fsp3) is 0.167. The van der Waals surface area contributed by atoms with Gasteiger partial charge in [-0.3, -0.25) is 10.1 Å². The number of hydrogen-bond acceptors (Lipinski definition) is 6. The zero-order valence-corrected chi connectivity index (χ0v) is 15.6. The van der Waals surface area contributed by atoms with Gasteiger partial charge in [-0.2, -0.15) is 0 Å². The molecule has 140 valence electrons. The Morgan fingerprint density at radius 3 is 2.44 bits per heavy atom. The molecule has 0 saturated heterocycles. The summed E-state index contributed by atoms with van der Waals surface area (Å²) >= 11 is 0. The Bertz CT molecular complexity index is 1080. The van der Waals surface area contributed by atoms with E-state index < -0.39 is 20.8 Å². The molecule has 9 heteroatoms. The van der Waals surface area contributed by atoms with Crippen LogP contribution in [0.5, 0.6) is 0 Å². The molecule has 1 aromatic heterocycles. The van der Waals surface area contributed by atoms with E-state index >= 15 is 0 Å². The van der Waals surface area contributed by atoms with Crippen molar-refractivity contribution in [2.75, 3.05) is 11.6 Å². The standard InChI is InChI=1S/C18H18N4O4S/c1-21-11-10-19-18(21)17(13-6-4-3-5-7-13)20-15-9-8-14(27(2,25)26)12-16(15)22(23)24/h3-12,17,20H,1-2H3/t17-/m1/s1. The summed E-state index contributed by atoms with van der Waals surface area (Å²) in [7, 11) is -1.72. The maximum atomic E-state index is 11.7. The van der Waals surface area contributed by atoms with E-state index in [0.29, 0.717) is 5.82 Å². The molecular weight excluding hydrogens is 368 g/mol. The maximum Gasteiger partial charge on any atom is 0.293 e. The largest absolute Gasteiger partial charge is 0.366 e. The minimum atomic E-state index is -3.55. The van der Waals surface area contributed by atoms with Gasteiger partial charge in [0, 0.05) is 31.8 Å². The molecule has 2 aromatic carbocycles. The summed E-state index contributed by atoms with van der Waals surface area (Å²) in [5, 5.41) is 14.7. The van der Waals surface area contributed by atoms with Crippen LogP contribution in [0.15, 0.2) is 65.8 Å². The van der Waals surface area contributed by atoms with Crippen LogP contribution in [0.2, 0.25) is 0 Å². The molecule has 0 radical (unpaired) electrons. The lowest BCUT2D eigenvalue weighted by molar-refractivity contribution is -0.384. The topological polar surface area (TPSA) is 107 Å². The molecule has 1 N–H and O–H groups in total. The SMILES string of the molecule is Cn1ccnc1[C@H](Nc1ccc(S(C)(=O)=O)cc1[N+](=O)[O-])c1ccccc1. The van der Waals surface area contributed by atoms with Gasteiger partial charge in [0.2, 0.25) is 0 Å². The summed E-state index contributed by atoms with van der Waals surface area (Å²) in [5.74, 6) is 0.669. The van der Waals surface area contributed by atoms with Crippen molar-refractivity contribution in [3.05, 3.63) is 82.4 Å². The average molecular weight is 386 g/mol. The Morgan fingerprint density at radius 2 is 1.89 bits per heavy atom. The molecular formula is C18H18N4O4S. The van der Waals surface area contributed by atoms with Crippen molar-refractivity contribution in [1.82, 2.24) is 9.55 Å². The van der Waals surface area contributed by atoms with Crippen LogP contribution >= 0.6 is 0 Å². The average Bonchev–Trinajstić information content (AvgIpc) is 3.05. The number of aryl methyl sites for hydroxylation is 1. The number of anilines is 1. The summed E-state index contributed by atoms with van der Waals surface area (Å²) < 4.78 is 25.3. The van der Waals surface area contributed by atoms with Crippen LogP contribution in [-0.4, -0.2) is 29.1 Å². The van der Waals surface area contributed by atoms with Gasteiger partial charge in [0.05, 0.1) is 9.82 Å². The van der Waals surface area contributed by atoms with Crippen LogP contribution in [0.1, 0.15) is 17.4 Å². The summed E-state index contributed by atoms with van der Waals surface area (Å²) in [6.07, 6.45) is 4.45. The van der Waals surface area contributed by atoms with Gasteiger partial charge in [-0.15, -0.1) is 0 Å². The minimum Gasteiger partial charge on any atom is -0.366 e. The quantitative estimate of drug-likeness (QED) is 0.516. The van der Waals surface area contributed by atoms with Crippen molar-refractivity contribution in [2.24, 2.45) is 7.05 Å². The number of benzene rings is 2. The number of nitro groups is 1. The summed E-state index contributed by atoms with van der Waals surface area (Å²) in [6.45, 7) is 0. The second-order valence-electron chi connectivity index (χ2n) is 6.09. The number of nitrogens with zero attached hydrogens (tertiary/aromatic N) is 3. The summed E-state index contributed by atoms with van der Waals surface area (Å²) in [5.41, 5.74) is 0.769.